The van der Waals surface area contributed by atoms with Gasteiger partial charge in [-0.15, -0.1) is 0 Å². The standard InChI is InChI=1S/C14H13N3O3/c1-2-3-11-12(18)16-14(20)17(13(11)19)10-6-4-9(8-15)5-7-10/h4-7,11H,2-3H2,1H3,(H,16,18,20). The number of urea groups is 1. The van der Waals surface area contributed by atoms with E-state index in [-0.39, 0.29) is 0 Å². The Morgan fingerprint density at radius 1 is 1.25 bits per heavy atom. The van der Waals surface area contributed by atoms with Gasteiger partial charge in [-0.05, 0) is 30.7 Å². The molecule has 1 atom stereocenters. The molecular weight excluding hydrogens is 258 g/mol. The minimum absolute atomic E-state index is 0.347. The number of nitrogens with one attached hydrogen (secondary N) is 1. The lowest BCUT2D eigenvalue weighted by Gasteiger charge is -2.29. The van der Waals surface area contributed by atoms with Crippen LogP contribution < -0.4 is 10.2 Å². The molecule has 2 rings (SSSR count). The van der Waals surface area contributed by atoms with Gasteiger partial charge in [-0.2, -0.15) is 5.26 Å². The highest BCUT2D eigenvalue weighted by Gasteiger charge is 2.40. The molecule has 1 fully saturated rings. The van der Waals surface area contributed by atoms with Gasteiger partial charge in [0.2, 0.25) is 11.8 Å². The molecule has 0 spiro atoms. The molecule has 0 bridgehead atoms. The molecule has 1 aromatic carbocycles. The summed E-state index contributed by atoms with van der Waals surface area (Å²) in [7, 11) is 0. The summed E-state index contributed by atoms with van der Waals surface area (Å²) in [6.45, 7) is 1.86. The molecule has 6 heteroatoms. The van der Waals surface area contributed by atoms with Crippen LogP contribution in [0.25, 0.3) is 0 Å². The molecule has 1 heterocycles. The first-order chi connectivity index (χ1) is 9.58. The van der Waals surface area contributed by atoms with E-state index in [4.69, 9.17) is 5.26 Å². The Hall–Kier alpha value is -2.68. The molecule has 0 saturated carbocycles. The molecule has 1 aliphatic heterocycles. The highest BCUT2D eigenvalue weighted by atomic mass is 16.2. The lowest BCUT2D eigenvalue weighted by atomic mass is 9.99. The first-order valence-electron chi connectivity index (χ1n) is 6.27. The maximum absolute atomic E-state index is 12.3. The predicted molar refractivity (Wildman–Crippen MR) is 70.6 cm³/mol. The van der Waals surface area contributed by atoms with Crippen LogP contribution in [0.2, 0.25) is 0 Å². The molecule has 0 aromatic heterocycles. The number of benzene rings is 1. The number of imide groups is 2. The number of amides is 4. The third-order valence-electron chi connectivity index (χ3n) is 3.10. The van der Waals surface area contributed by atoms with Crippen molar-refractivity contribution in [1.82, 2.24) is 5.32 Å². The molecule has 1 unspecified atom stereocenters. The molecule has 102 valence electrons. The van der Waals surface area contributed by atoms with E-state index in [9.17, 15) is 14.4 Å². The monoisotopic (exact) mass is 271 g/mol. The van der Waals surface area contributed by atoms with Crippen molar-refractivity contribution in [2.45, 2.75) is 19.8 Å². The van der Waals surface area contributed by atoms with Gasteiger partial charge in [-0.3, -0.25) is 14.9 Å². The van der Waals surface area contributed by atoms with Crippen molar-refractivity contribution in [3.63, 3.8) is 0 Å². The van der Waals surface area contributed by atoms with E-state index in [0.29, 0.717) is 24.1 Å². The number of barbiturate groups is 1. The number of carbonyl (C=O) groups excluding carboxylic acids is 3. The summed E-state index contributed by atoms with van der Waals surface area (Å²) in [5.74, 6) is -1.91. The fourth-order valence-electron chi connectivity index (χ4n) is 2.09. The summed E-state index contributed by atoms with van der Waals surface area (Å²) in [6, 6.07) is 7.25. The predicted octanol–water partition coefficient (Wildman–Crippen LogP) is 1.56. The molecule has 0 aliphatic carbocycles. The van der Waals surface area contributed by atoms with Crippen LogP contribution in [-0.4, -0.2) is 17.8 Å². The maximum atomic E-state index is 12.3. The number of hydrogen-bond donors (Lipinski definition) is 1. The van der Waals surface area contributed by atoms with E-state index in [1.165, 1.54) is 24.3 Å². The Morgan fingerprint density at radius 3 is 2.45 bits per heavy atom. The van der Waals surface area contributed by atoms with Crippen LogP contribution in [0, 0.1) is 17.2 Å². The first kappa shape index (κ1) is 13.7. The van der Waals surface area contributed by atoms with Gasteiger partial charge < -0.3 is 0 Å². The third kappa shape index (κ3) is 2.38. The van der Waals surface area contributed by atoms with Gasteiger partial charge in [0.05, 0.1) is 17.3 Å². The van der Waals surface area contributed by atoms with E-state index in [0.717, 1.165) is 4.90 Å². The molecule has 4 amide bonds. The molecule has 1 aromatic rings. The van der Waals surface area contributed by atoms with Crippen LogP contribution in [0.3, 0.4) is 0 Å². The summed E-state index contributed by atoms with van der Waals surface area (Å²) >= 11 is 0. The van der Waals surface area contributed by atoms with E-state index < -0.39 is 23.8 Å². The Balaban J connectivity index is 2.33. The van der Waals surface area contributed by atoms with E-state index in [1.54, 1.807) is 0 Å². The minimum Gasteiger partial charge on any atom is -0.277 e. The summed E-state index contributed by atoms with van der Waals surface area (Å²) in [6.07, 6.45) is 1.06. The number of carbonyl (C=O) groups is 3. The smallest absolute Gasteiger partial charge is 0.277 e. The van der Waals surface area contributed by atoms with Crippen molar-refractivity contribution in [2.75, 3.05) is 4.90 Å². The maximum Gasteiger partial charge on any atom is 0.335 e. The van der Waals surface area contributed by atoms with Crippen molar-refractivity contribution in [1.29, 1.82) is 5.26 Å². The number of hydrogen-bond acceptors (Lipinski definition) is 4. The van der Waals surface area contributed by atoms with E-state index >= 15 is 0 Å². The van der Waals surface area contributed by atoms with E-state index in [1.807, 2.05) is 13.0 Å². The number of rotatable bonds is 3. The minimum atomic E-state index is -0.839. The van der Waals surface area contributed by atoms with Crippen LogP contribution in [0.15, 0.2) is 24.3 Å². The van der Waals surface area contributed by atoms with Crippen LogP contribution in [0.5, 0.6) is 0 Å². The van der Waals surface area contributed by atoms with Crippen LogP contribution in [-0.2, 0) is 9.59 Å². The summed E-state index contributed by atoms with van der Waals surface area (Å²) in [5.41, 5.74) is 0.778. The van der Waals surface area contributed by atoms with Crippen LogP contribution >= 0.6 is 0 Å². The second kappa shape index (κ2) is 5.53. The van der Waals surface area contributed by atoms with Gasteiger partial charge in [0, 0.05) is 0 Å². The fourth-order valence-corrected chi connectivity index (χ4v) is 2.09. The van der Waals surface area contributed by atoms with Crippen molar-refractivity contribution in [2.24, 2.45) is 5.92 Å². The Morgan fingerprint density at radius 2 is 1.90 bits per heavy atom. The average Bonchev–Trinajstić information content (AvgIpc) is 2.44. The molecule has 1 N–H and O–H groups in total. The highest BCUT2D eigenvalue weighted by Crippen LogP contribution is 2.23. The zero-order valence-electron chi connectivity index (χ0n) is 10.9. The van der Waals surface area contributed by atoms with Crippen molar-refractivity contribution in [3.05, 3.63) is 29.8 Å². The molecular formula is C14H13N3O3. The molecule has 6 nitrogen and oxygen atoms in total. The molecule has 0 radical (unpaired) electrons. The van der Waals surface area contributed by atoms with Crippen LogP contribution in [0.4, 0.5) is 10.5 Å². The quantitative estimate of drug-likeness (QED) is 0.844. The second-order valence-electron chi connectivity index (χ2n) is 4.47. The third-order valence-corrected chi connectivity index (χ3v) is 3.10. The van der Waals surface area contributed by atoms with Crippen molar-refractivity contribution in [3.8, 4) is 6.07 Å². The zero-order valence-corrected chi connectivity index (χ0v) is 10.9. The molecule has 1 aliphatic rings. The highest BCUT2D eigenvalue weighted by molar-refractivity contribution is 6.27. The number of anilines is 1. The summed E-state index contributed by atoms with van der Waals surface area (Å²) in [5, 5.41) is 10.9. The van der Waals surface area contributed by atoms with Crippen LogP contribution in [0.1, 0.15) is 25.3 Å². The van der Waals surface area contributed by atoms with Gasteiger partial charge in [0.15, 0.2) is 0 Å². The van der Waals surface area contributed by atoms with E-state index in [2.05, 4.69) is 5.32 Å². The van der Waals surface area contributed by atoms with Gasteiger partial charge in [-0.1, -0.05) is 13.3 Å². The normalized spacial score (nSPS) is 18.7. The topological polar surface area (TPSA) is 90.3 Å². The summed E-state index contributed by atoms with van der Waals surface area (Å²) in [4.78, 5) is 36.7. The van der Waals surface area contributed by atoms with Gasteiger partial charge in [-0.25, -0.2) is 9.69 Å². The SMILES string of the molecule is CCCC1C(=O)NC(=O)N(c2ccc(C#N)cc2)C1=O. The Kier molecular flexibility index (Phi) is 3.80. The van der Waals surface area contributed by atoms with Gasteiger partial charge in [0.25, 0.3) is 0 Å². The number of nitriles is 1. The Bertz CT molecular complexity index is 601. The lowest BCUT2D eigenvalue weighted by molar-refractivity contribution is -0.134. The lowest BCUT2D eigenvalue weighted by Crippen LogP contribution is -2.58. The Labute approximate surface area is 116 Å². The van der Waals surface area contributed by atoms with Gasteiger partial charge in [0.1, 0.15) is 5.92 Å². The van der Waals surface area contributed by atoms with Gasteiger partial charge >= 0.3 is 6.03 Å². The fraction of sp³-hybridized carbons (Fsp3) is 0.286. The van der Waals surface area contributed by atoms with Crippen molar-refractivity contribution >= 4 is 23.5 Å². The molecule has 1 saturated heterocycles. The molecule has 20 heavy (non-hydrogen) atoms. The summed E-state index contributed by atoms with van der Waals surface area (Å²) < 4.78 is 0. The first-order valence-corrected chi connectivity index (χ1v) is 6.27. The zero-order chi connectivity index (χ0) is 14.7. The second-order valence-corrected chi connectivity index (χ2v) is 4.47. The van der Waals surface area contributed by atoms with Crippen molar-refractivity contribution < 1.29 is 14.4 Å². The average molecular weight is 271 g/mol. The largest absolute Gasteiger partial charge is 0.335 e. The number of nitrogens with zero attached hydrogens (tertiary/aromatic N) is 2.